The monoisotopic (exact) mass is 808 g/mol. The average molecular weight is 809 g/mol. The molecule has 0 unspecified atom stereocenters. The van der Waals surface area contributed by atoms with E-state index in [2.05, 4.69) is 13.8 Å². The van der Waals surface area contributed by atoms with Crippen molar-refractivity contribution in [3.05, 3.63) is 127 Å². The molecule has 0 amide bonds. The van der Waals surface area contributed by atoms with Crippen LogP contribution < -0.4 is 9.47 Å². The van der Waals surface area contributed by atoms with Crippen LogP contribution in [-0.2, 0) is 5.41 Å². The Morgan fingerprint density at radius 2 is 0.797 bits per heavy atom. The maximum Gasteiger partial charge on any atom is 0.343 e. The van der Waals surface area contributed by atoms with Crippen LogP contribution in [0.4, 0.5) is 0 Å². The Kier molecular flexibility index (Phi) is 15.3. The van der Waals surface area contributed by atoms with E-state index in [1.165, 1.54) is 44.2 Å². The normalized spacial score (nSPS) is 11.2. The summed E-state index contributed by atoms with van der Waals surface area (Å²) < 4.78 is 11.6. The third-order valence-electron chi connectivity index (χ3n) is 10.8. The maximum atomic E-state index is 13.3. The standard InChI is InChI=1S/C47H52O12/c1-7-8-9-10-11-12-13-14-15-20-47(6,33-21-27(2)39(28(3)22-33)58-45(56)31-16-18-35(41(48)49)37(25-31)43(52)53)34-23-29(4)40(30(5)24-34)59-46(57)32-17-19-36(42(50)51)38(26-32)44(54)55/h16-19,21-26H,7-15,20H2,1-6H3,(H,48,49)(H,50,51)(H,52,53)(H,54,55). The van der Waals surface area contributed by atoms with E-state index in [1.807, 2.05) is 52.0 Å². The summed E-state index contributed by atoms with van der Waals surface area (Å²) in [6.45, 7) is 11.6. The lowest BCUT2D eigenvalue weighted by atomic mass is 9.71. The topological polar surface area (TPSA) is 202 Å². The van der Waals surface area contributed by atoms with Crippen molar-refractivity contribution in [2.75, 3.05) is 0 Å². The first kappa shape index (κ1) is 45.4. The van der Waals surface area contributed by atoms with Crippen LogP contribution in [0.2, 0.25) is 0 Å². The molecule has 312 valence electrons. The molecule has 0 aromatic heterocycles. The molecular weight excluding hydrogens is 757 g/mol. The largest absolute Gasteiger partial charge is 0.478 e. The number of unbranched alkanes of at least 4 members (excludes halogenated alkanes) is 8. The van der Waals surface area contributed by atoms with Gasteiger partial charge in [0.2, 0.25) is 0 Å². The van der Waals surface area contributed by atoms with Crippen molar-refractivity contribution in [3.63, 3.8) is 0 Å². The lowest BCUT2D eigenvalue weighted by Crippen LogP contribution is -2.25. The highest BCUT2D eigenvalue weighted by Crippen LogP contribution is 2.42. The second-order valence-corrected chi connectivity index (χ2v) is 15.3. The van der Waals surface area contributed by atoms with Gasteiger partial charge < -0.3 is 29.9 Å². The molecule has 0 bridgehead atoms. The first-order valence-electron chi connectivity index (χ1n) is 19.8. The molecule has 0 aliphatic heterocycles. The van der Waals surface area contributed by atoms with Gasteiger partial charge >= 0.3 is 35.8 Å². The van der Waals surface area contributed by atoms with Gasteiger partial charge in [0.05, 0.1) is 33.4 Å². The van der Waals surface area contributed by atoms with Crippen molar-refractivity contribution in [1.82, 2.24) is 0 Å². The molecule has 12 nitrogen and oxygen atoms in total. The number of hydrogen-bond acceptors (Lipinski definition) is 8. The van der Waals surface area contributed by atoms with E-state index in [0.717, 1.165) is 67.5 Å². The van der Waals surface area contributed by atoms with E-state index in [1.54, 1.807) is 0 Å². The van der Waals surface area contributed by atoms with Crippen LogP contribution in [0, 0.1) is 27.7 Å². The van der Waals surface area contributed by atoms with Gasteiger partial charge in [0.15, 0.2) is 0 Å². The summed E-state index contributed by atoms with van der Waals surface area (Å²) in [6.07, 6.45) is 11.1. The summed E-state index contributed by atoms with van der Waals surface area (Å²) in [5.41, 5.74) is 1.77. The number of carboxylic acids is 4. The summed E-state index contributed by atoms with van der Waals surface area (Å²) in [7, 11) is 0. The average Bonchev–Trinajstić information content (AvgIpc) is 3.18. The first-order valence-corrected chi connectivity index (χ1v) is 19.8. The van der Waals surface area contributed by atoms with Crippen LogP contribution >= 0.6 is 0 Å². The number of esters is 2. The smallest absolute Gasteiger partial charge is 0.343 e. The number of benzene rings is 4. The molecule has 0 atom stereocenters. The molecule has 0 spiro atoms. The van der Waals surface area contributed by atoms with Crippen LogP contribution in [0.1, 0.15) is 174 Å². The zero-order valence-electron chi connectivity index (χ0n) is 34.4. The molecule has 0 saturated heterocycles. The molecule has 59 heavy (non-hydrogen) atoms. The molecule has 4 rings (SSSR count). The van der Waals surface area contributed by atoms with Crippen molar-refractivity contribution >= 4 is 35.8 Å². The number of hydrogen-bond donors (Lipinski definition) is 4. The molecule has 0 heterocycles. The van der Waals surface area contributed by atoms with Gasteiger partial charge in [0.25, 0.3) is 0 Å². The van der Waals surface area contributed by atoms with Gasteiger partial charge in [-0.1, -0.05) is 95.9 Å². The quantitative estimate of drug-likeness (QED) is 0.0374. The lowest BCUT2D eigenvalue weighted by Gasteiger charge is -2.33. The Morgan fingerprint density at radius 1 is 0.475 bits per heavy atom. The highest BCUT2D eigenvalue weighted by Gasteiger charge is 2.32. The number of rotatable bonds is 20. The van der Waals surface area contributed by atoms with Crippen molar-refractivity contribution < 1.29 is 58.7 Å². The third-order valence-corrected chi connectivity index (χ3v) is 10.8. The molecule has 4 N–H and O–H groups in total. The third kappa shape index (κ3) is 11.0. The molecule has 0 aliphatic rings. The fraction of sp³-hybridized carbons (Fsp3) is 0.362. The van der Waals surface area contributed by atoms with E-state index in [9.17, 15) is 49.2 Å². The number of carboxylic acid groups (broad SMARTS) is 4. The minimum Gasteiger partial charge on any atom is -0.478 e. The van der Waals surface area contributed by atoms with E-state index in [4.69, 9.17) is 9.47 Å². The predicted octanol–water partition coefficient (Wildman–Crippen LogP) is 10.4. The van der Waals surface area contributed by atoms with Crippen LogP contribution in [0.25, 0.3) is 0 Å². The van der Waals surface area contributed by atoms with Gasteiger partial charge in [-0.25, -0.2) is 28.8 Å². The van der Waals surface area contributed by atoms with Crippen molar-refractivity contribution in [3.8, 4) is 11.5 Å². The summed E-state index contributed by atoms with van der Waals surface area (Å²) in [5.74, 6) is -6.94. The van der Waals surface area contributed by atoms with E-state index >= 15 is 0 Å². The first-order chi connectivity index (χ1) is 27.9. The van der Waals surface area contributed by atoms with Crippen molar-refractivity contribution in [2.45, 2.75) is 111 Å². The molecule has 4 aromatic carbocycles. The Hall–Kier alpha value is -6.30. The van der Waals surface area contributed by atoms with Crippen LogP contribution in [0.3, 0.4) is 0 Å². The highest BCUT2D eigenvalue weighted by molar-refractivity contribution is 6.05. The summed E-state index contributed by atoms with van der Waals surface area (Å²) in [4.78, 5) is 73.1. The molecule has 12 heteroatoms. The molecule has 4 aromatic rings. The zero-order valence-corrected chi connectivity index (χ0v) is 34.4. The van der Waals surface area contributed by atoms with Crippen LogP contribution in [-0.4, -0.2) is 56.2 Å². The van der Waals surface area contributed by atoms with Gasteiger partial charge in [-0.3, -0.25) is 0 Å². The van der Waals surface area contributed by atoms with E-state index in [0.29, 0.717) is 33.8 Å². The van der Waals surface area contributed by atoms with E-state index in [-0.39, 0.29) is 11.1 Å². The summed E-state index contributed by atoms with van der Waals surface area (Å²) in [6, 6.07) is 14.4. The summed E-state index contributed by atoms with van der Waals surface area (Å²) >= 11 is 0. The minimum atomic E-state index is -1.49. The van der Waals surface area contributed by atoms with Gasteiger partial charge in [0, 0.05) is 5.41 Å². The number of carbonyl (C=O) groups excluding carboxylic acids is 2. The molecule has 0 aliphatic carbocycles. The maximum absolute atomic E-state index is 13.3. The second kappa shape index (κ2) is 19.9. The number of aryl methyl sites for hydroxylation is 4. The fourth-order valence-electron chi connectivity index (χ4n) is 7.48. The van der Waals surface area contributed by atoms with Crippen molar-refractivity contribution in [1.29, 1.82) is 0 Å². The minimum absolute atomic E-state index is 0.114. The van der Waals surface area contributed by atoms with Gasteiger partial charge in [-0.05, 0) is 104 Å². The van der Waals surface area contributed by atoms with Gasteiger partial charge in [-0.15, -0.1) is 0 Å². The van der Waals surface area contributed by atoms with Crippen LogP contribution in [0.15, 0.2) is 60.7 Å². The number of ether oxygens (including phenoxy) is 2. The molecule has 0 radical (unpaired) electrons. The Bertz CT molecular complexity index is 2080. The fourth-order valence-corrected chi connectivity index (χ4v) is 7.48. The van der Waals surface area contributed by atoms with Gasteiger partial charge in [0.1, 0.15) is 11.5 Å². The zero-order chi connectivity index (χ0) is 43.6. The summed E-state index contributed by atoms with van der Waals surface area (Å²) in [5, 5.41) is 37.9. The Balaban J connectivity index is 1.67. The lowest BCUT2D eigenvalue weighted by molar-refractivity contribution is 0.0650. The van der Waals surface area contributed by atoms with E-state index < -0.39 is 63.5 Å². The van der Waals surface area contributed by atoms with Crippen LogP contribution in [0.5, 0.6) is 11.5 Å². The highest BCUT2D eigenvalue weighted by atomic mass is 16.5. The number of carbonyl (C=O) groups is 6. The van der Waals surface area contributed by atoms with Crippen molar-refractivity contribution in [2.24, 2.45) is 0 Å². The SMILES string of the molecule is CCCCCCCCCCCC(C)(c1cc(C)c(OC(=O)c2ccc(C(=O)O)c(C(=O)O)c2)c(C)c1)c1cc(C)c(OC(=O)c2ccc(C(=O)O)c(C(=O)O)c2)c(C)c1. The molecule has 0 fully saturated rings. The number of aromatic carboxylic acids is 4. The molecular formula is C47H52O12. The Morgan fingerprint density at radius 3 is 1.12 bits per heavy atom. The second-order valence-electron chi connectivity index (χ2n) is 15.3. The predicted molar refractivity (Wildman–Crippen MR) is 221 cm³/mol. The molecule has 0 saturated carbocycles. The van der Waals surface area contributed by atoms with Gasteiger partial charge in [-0.2, -0.15) is 0 Å². The Labute approximate surface area is 343 Å².